The maximum atomic E-state index is 4.02. The molecule has 0 N–H and O–H groups in total. The molecule has 0 atom stereocenters. The lowest BCUT2D eigenvalue weighted by molar-refractivity contribution is 0.797. The second-order valence-corrected chi connectivity index (χ2v) is 3.76. The molecule has 0 unspecified atom stereocenters. The van der Waals surface area contributed by atoms with E-state index in [-0.39, 0.29) is 0 Å². The molecule has 0 aliphatic rings. The van der Waals surface area contributed by atoms with Crippen molar-refractivity contribution in [2.75, 3.05) is 0 Å². The van der Waals surface area contributed by atoms with E-state index in [2.05, 4.69) is 46.8 Å². The number of hydrogen-bond acceptors (Lipinski definition) is 1. The average molecular weight is 223 g/mol. The first kappa shape index (κ1) is 11.4. The van der Waals surface area contributed by atoms with Gasteiger partial charge in [-0.25, -0.2) is 4.98 Å². The van der Waals surface area contributed by atoms with Gasteiger partial charge in [-0.1, -0.05) is 48.6 Å². The van der Waals surface area contributed by atoms with E-state index >= 15 is 0 Å². The highest BCUT2D eigenvalue weighted by Gasteiger charge is 1.94. The van der Waals surface area contributed by atoms with Crippen LogP contribution < -0.4 is 0 Å². The Balaban J connectivity index is 2.03. The summed E-state index contributed by atoms with van der Waals surface area (Å²) in [5, 5.41) is 0. The minimum absolute atomic E-state index is 0.864. The van der Waals surface area contributed by atoms with E-state index in [4.69, 9.17) is 0 Å². The van der Waals surface area contributed by atoms with Crippen molar-refractivity contribution in [1.29, 1.82) is 0 Å². The van der Waals surface area contributed by atoms with Gasteiger partial charge in [-0.15, -0.1) is 0 Å². The molecule has 0 aliphatic carbocycles. The fourth-order valence-corrected chi connectivity index (χ4v) is 1.57. The zero-order chi connectivity index (χ0) is 11.9. The van der Waals surface area contributed by atoms with Gasteiger partial charge in [0.2, 0.25) is 0 Å². The van der Waals surface area contributed by atoms with Crippen molar-refractivity contribution in [2.45, 2.75) is 6.54 Å². The molecule has 1 aromatic carbocycles. The normalized spacial score (nSPS) is 11.6. The number of imidazole rings is 1. The highest BCUT2D eigenvalue weighted by atomic mass is 15.0. The van der Waals surface area contributed by atoms with Gasteiger partial charge >= 0.3 is 0 Å². The van der Waals surface area contributed by atoms with Crippen LogP contribution in [0.1, 0.15) is 11.1 Å². The predicted octanol–water partition coefficient (Wildman–Crippen LogP) is 3.33. The van der Waals surface area contributed by atoms with Crippen LogP contribution in [0.3, 0.4) is 0 Å². The smallest absolute Gasteiger partial charge is 0.0949 e. The Kier molecular flexibility index (Phi) is 3.92. The Morgan fingerprint density at radius 1 is 1.18 bits per heavy atom. The summed E-state index contributed by atoms with van der Waals surface area (Å²) in [5.74, 6) is 0. The van der Waals surface area contributed by atoms with Gasteiger partial charge in [-0.3, -0.25) is 0 Å². The molecule has 1 heterocycles. The van der Waals surface area contributed by atoms with Crippen LogP contribution in [0.2, 0.25) is 0 Å². The lowest BCUT2D eigenvalue weighted by atomic mass is 10.1. The van der Waals surface area contributed by atoms with Crippen LogP contribution >= 0.6 is 0 Å². The molecular weight excluding hydrogens is 208 g/mol. The summed E-state index contributed by atoms with van der Waals surface area (Å²) in [6.45, 7) is 4.50. The van der Waals surface area contributed by atoms with Crippen LogP contribution in [0.25, 0.3) is 6.08 Å². The third kappa shape index (κ3) is 3.45. The van der Waals surface area contributed by atoms with Crippen molar-refractivity contribution in [3.63, 3.8) is 0 Å². The number of allylic oxidation sites excluding steroid dienone is 3. The maximum absolute atomic E-state index is 4.02. The summed E-state index contributed by atoms with van der Waals surface area (Å²) < 4.78 is 2.05. The molecule has 0 aliphatic heterocycles. The topological polar surface area (TPSA) is 17.8 Å². The molecule has 85 valence electrons. The van der Waals surface area contributed by atoms with E-state index in [0.717, 1.165) is 6.54 Å². The average Bonchev–Trinajstić information content (AvgIpc) is 2.85. The summed E-state index contributed by atoms with van der Waals surface area (Å²) in [6, 6.07) is 8.49. The summed E-state index contributed by atoms with van der Waals surface area (Å²) in [5.41, 5.74) is 2.46. The second-order valence-electron chi connectivity index (χ2n) is 3.76. The molecule has 2 heteroatoms. The molecule has 0 fully saturated rings. The van der Waals surface area contributed by atoms with Gasteiger partial charge in [0.05, 0.1) is 6.33 Å². The van der Waals surface area contributed by atoms with Crippen molar-refractivity contribution in [3.05, 3.63) is 79.3 Å². The minimum Gasteiger partial charge on any atom is -0.333 e. The molecule has 2 nitrogen and oxygen atoms in total. The lowest BCUT2D eigenvalue weighted by Crippen LogP contribution is -1.95. The van der Waals surface area contributed by atoms with Crippen molar-refractivity contribution in [3.8, 4) is 0 Å². The van der Waals surface area contributed by atoms with Gasteiger partial charge in [-0.2, -0.15) is 0 Å². The number of benzene rings is 1. The Hall–Kier alpha value is -2.09. The van der Waals surface area contributed by atoms with Gasteiger partial charge in [0, 0.05) is 18.9 Å². The molecular formula is C15H15N2. The van der Waals surface area contributed by atoms with E-state index in [1.165, 1.54) is 11.1 Å². The Morgan fingerprint density at radius 2 is 2.00 bits per heavy atom. The quantitative estimate of drug-likeness (QED) is 0.727. The Labute approximate surface area is 102 Å². The molecule has 0 saturated heterocycles. The predicted molar refractivity (Wildman–Crippen MR) is 71.3 cm³/mol. The fraction of sp³-hybridized carbons (Fsp3) is 0.0667. The molecule has 0 bridgehead atoms. The van der Waals surface area contributed by atoms with Crippen LogP contribution in [-0.4, -0.2) is 9.55 Å². The fourth-order valence-electron chi connectivity index (χ4n) is 1.57. The van der Waals surface area contributed by atoms with Crippen LogP contribution in [0, 0.1) is 6.92 Å². The molecule has 0 saturated carbocycles. The van der Waals surface area contributed by atoms with Crippen LogP contribution in [0.4, 0.5) is 0 Å². The van der Waals surface area contributed by atoms with Crippen molar-refractivity contribution >= 4 is 6.08 Å². The zero-order valence-corrected chi connectivity index (χ0v) is 9.66. The van der Waals surface area contributed by atoms with Gasteiger partial charge in [-0.05, 0) is 18.1 Å². The number of hydrogen-bond donors (Lipinski definition) is 0. The van der Waals surface area contributed by atoms with Gasteiger partial charge in [0.15, 0.2) is 0 Å². The van der Waals surface area contributed by atoms with Crippen LogP contribution in [0.5, 0.6) is 0 Å². The van der Waals surface area contributed by atoms with E-state index in [9.17, 15) is 0 Å². The standard InChI is InChI=1S/C15H15N2/c1-2-3-4-5-14-6-8-15(9-7-14)12-17-11-10-16-13-17/h2-11,13H,1,12H2. The lowest BCUT2D eigenvalue weighted by Gasteiger charge is -2.02. The van der Waals surface area contributed by atoms with E-state index in [1.54, 1.807) is 12.3 Å². The van der Waals surface area contributed by atoms with Crippen molar-refractivity contribution < 1.29 is 0 Å². The van der Waals surface area contributed by atoms with Gasteiger partial charge in [0.25, 0.3) is 0 Å². The Morgan fingerprint density at radius 3 is 2.65 bits per heavy atom. The van der Waals surface area contributed by atoms with Crippen LogP contribution in [-0.2, 0) is 6.54 Å². The van der Waals surface area contributed by atoms with E-state index in [1.807, 2.05) is 24.7 Å². The second kappa shape index (κ2) is 5.85. The summed E-state index contributed by atoms with van der Waals surface area (Å²) in [4.78, 5) is 4.02. The summed E-state index contributed by atoms with van der Waals surface area (Å²) >= 11 is 0. The molecule has 17 heavy (non-hydrogen) atoms. The first-order chi connectivity index (χ1) is 8.38. The first-order valence-corrected chi connectivity index (χ1v) is 5.55. The van der Waals surface area contributed by atoms with Gasteiger partial charge in [0.1, 0.15) is 0 Å². The molecule has 1 aromatic heterocycles. The zero-order valence-electron chi connectivity index (χ0n) is 9.66. The molecule has 0 amide bonds. The van der Waals surface area contributed by atoms with Crippen molar-refractivity contribution in [2.24, 2.45) is 0 Å². The largest absolute Gasteiger partial charge is 0.333 e. The van der Waals surface area contributed by atoms with E-state index in [0.29, 0.717) is 0 Å². The Bertz CT molecular complexity index is 490. The SMILES string of the molecule is [CH2]C=CC=Cc1ccc(Cn2ccnc2)cc1. The summed E-state index contributed by atoms with van der Waals surface area (Å²) in [6.07, 6.45) is 13.3. The number of nitrogens with zero attached hydrogens (tertiary/aromatic N) is 2. The molecule has 2 aromatic rings. The van der Waals surface area contributed by atoms with Gasteiger partial charge < -0.3 is 4.57 Å². The number of rotatable bonds is 4. The van der Waals surface area contributed by atoms with E-state index < -0.39 is 0 Å². The monoisotopic (exact) mass is 223 g/mol. The minimum atomic E-state index is 0.864. The highest BCUT2D eigenvalue weighted by molar-refractivity contribution is 5.51. The van der Waals surface area contributed by atoms with Crippen LogP contribution in [0.15, 0.2) is 61.2 Å². The van der Waals surface area contributed by atoms with Crippen molar-refractivity contribution in [1.82, 2.24) is 9.55 Å². The molecule has 1 radical (unpaired) electrons. The number of aromatic nitrogens is 2. The summed E-state index contributed by atoms with van der Waals surface area (Å²) in [7, 11) is 0. The first-order valence-electron chi connectivity index (χ1n) is 5.55. The highest BCUT2D eigenvalue weighted by Crippen LogP contribution is 2.08. The molecule has 2 rings (SSSR count). The third-order valence-electron chi connectivity index (χ3n) is 2.44. The maximum Gasteiger partial charge on any atom is 0.0949 e. The third-order valence-corrected chi connectivity index (χ3v) is 2.44. The molecule has 0 spiro atoms.